The minimum atomic E-state index is 0.00642. The molecular formula is C25H51N2O+. The zero-order chi connectivity index (χ0) is 21.1. The molecule has 0 radical (unpaired) electrons. The normalized spacial score (nSPS) is 11.6. The van der Waals surface area contributed by atoms with Gasteiger partial charge in [0, 0.05) is 18.5 Å². The molecule has 1 amide bonds. The van der Waals surface area contributed by atoms with Crippen molar-refractivity contribution in [1.29, 1.82) is 0 Å². The van der Waals surface area contributed by atoms with Gasteiger partial charge in [-0.05, 0) is 45.4 Å². The highest BCUT2D eigenvalue weighted by Crippen LogP contribution is 2.18. The molecule has 3 nitrogen and oxygen atoms in total. The fraction of sp³-hybridized carbons (Fsp3) is 0.880. The molecule has 0 aromatic rings. The lowest BCUT2D eigenvalue weighted by molar-refractivity contribution is -0.929. The van der Waals surface area contributed by atoms with E-state index in [9.17, 15) is 4.79 Å². The van der Waals surface area contributed by atoms with Crippen LogP contribution < -0.4 is 5.32 Å². The van der Waals surface area contributed by atoms with Crippen molar-refractivity contribution in [2.75, 3.05) is 32.7 Å². The minimum absolute atomic E-state index is 0.00642. The van der Waals surface area contributed by atoms with Crippen LogP contribution in [0.4, 0.5) is 0 Å². The topological polar surface area (TPSA) is 29.1 Å². The van der Waals surface area contributed by atoms with Gasteiger partial charge in [-0.3, -0.25) is 4.79 Å². The smallest absolute Gasteiger partial charge is 0.246 e. The molecule has 0 unspecified atom stereocenters. The summed E-state index contributed by atoms with van der Waals surface area (Å²) >= 11 is 0. The zero-order valence-corrected chi connectivity index (χ0v) is 19.8. The predicted octanol–water partition coefficient (Wildman–Crippen LogP) is 6.63. The van der Waals surface area contributed by atoms with Crippen LogP contribution in [-0.4, -0.2) is 43.1 Å². The molecule has 0 aromatic heterocycles. The van der Waals surface area contributed by atoms with Gasteiger partial charge in [-0.1, -0.05) is 65.9 Å². The molecule has 28 heavy (non-hydrogen) atoms. The predicted molar refractivity (Wildman–Crippen MR) is 125 cm³/mol. The number of hydrogen-bond acceptors (Lipinski definition) is 1. The molecule has 0 fully saturated rings. The average molecular weight is 396 g/mol. The molecule has 1 N–H and O–H groups in total. The third-order valence-electron chi connectivity index (χ3n) is 5.94. The highest BCUT2D eigenvalue weighted by atomic mass is 16.1. The van der Waals surface area contributed by atoms with Crippen LogP contribution in [0.1, 0.15) is 111 Å². The van der Waals surface area contributed by atoms with Gasteiger partial charge in [-0.25, -0.2) is 0 Å². The van der Waals surface area contributed by atoms with Crippen molar-refractivity contribution in [1.82, 2.24) is 5.32 Å². The average Bonchev–Trinajstić information content (AvgIpc) is 2.69. The van der Waals surface area contributed by atoms with Gasteiger partial charge in [0.1, 0.15) is 0 Å². The number of amides is 1. The first-order valence-corrected chi connectivity index (χ1v) is 12.3. The van der Waals surface area contributed by atoms with E-state index in [1.807, 2.05) is 0 Å². The summed E-state index contributed by atoms with van der Waals surface area (Å²) in [7, 11) is 0. The summed E-state index contributed by atoms with van der Waals surface area (Å²) in [6, 6.07) is 0. The van der Waals surface area contributed by atoms with E-state index >= 15 is 0 Å². The Morgan fingerprint density at radius 1 is 0.679 bits per heavy atom. The number of nitrogens with one attached hydrogen (secondary N) is 1. The van der Waals surface area contributed by atoms with E-state index < -0.39 is 0 Å². The molecule has 3 heteroatoms. The summed E-state index contributed by atoms with van der Waals surface area (Å²) in [6.45, 7) is 18.4. The Kier molecular flexibility index (Phi) is 17.7. The molecule has 0 aliphatic rings. The van der Waals surface area contributed by atoms with Crippen molar-refractivity contribution in [2.45, 2.75) is 111 Å². The minimum Gasteiger partial charge on any atom is -0.352 e. The van der Waals surface area contributed by atoms with E-state index in [0.717, 1.165) is 13.0 Å². The van der Waals surface area contributed by atoms with Gasteiger partial charge in [-0.2, -0.15) is 0 Å². The Bertz CT molecular complexity index is 361. The van der Waals surface area contributed by atoms with Crippen LogP contribution >= 0.6 is 0 Å². The van der Waals surface area contributed by atoms with Crippen molar-refractivity contribution in [3.8, 4) is 0 Å². The molecule has 0 saturated heterocycles. The van der Waals surface area contributed by atoms with E-state index in [4.69, 9.17) is 0 Å². The van der Waals surface area contributed by atoms with Gasteiger partial charge in [-0.15, -0.1) is 0 Å². The van der Waals surface area contributed by atoms with E-state index in [-0.39, 0.29) is 5.91 Å². The molecule has 0 aromatic carbocycles. The van der Waals surface area contributed by atoms with Crippen molar-refractivity contribution in [3.63, 3.8) is 0 Å². The number of hydrogen-bond donors (Lipinski definition) is 1. The summed E-state index contributed by atoms with van der Waals surface area (Å²) < 4.78 is 1.28. The first kappa shape index (κ1) is 27.2. The maximum absolute atomic E-state index is 11.8. The molecule has 0 heterocycles. The zero-order valence-electron chi connectivity index (χ0n) is 19.8. The maximum Gasteiger partial charge on any atom is 0.246 e. The first-order chi connectivity index (χ1) is 13.5. The van der Waals surface area contributed by atoms with Gasteiger partial charge in [0.15, 0.2) is 0 Å². The molecule has 0 aliphatic carbocycles. The summed E-state index contributed by atoms with van der Waals surface area (Å²) in [5, 5.41) is 3.04. The van der Waals surface area contributed by atoms with E-state index in [1.165, 1.54) is 108 Å². The molecule has 0 bridgehead atoms. The van der Waals surface area contributed by atoms with Crippen molar-refractivity contribution >= 4 is 5.91 Å². The molecule has 0 aliphatic heterocycles. The van der Waals surface area contributed by atoms with E-state index in [1.54, 1.807) is 6.92 Å². The lowest BCUT2D eigenvalue weighted by Crippen LogP contribution is -2.51. The highest BCUT2D eigenvalue weighted by Gasteiger charge is 2.25. The fourth-order valence-corrected chi connectivity index (χ4v) is 4.06. The Morgan fingerprint density at radius 2 is 1.07 bits per heavy atom. The Morgan fingerprint density at radius 3 is 1.43 bits per heavy atom. The fourth-order valence-electron chi connectivity index (χ4n) is 4.06. The quantitative estimate of drug-likeness (QED) is 0.140. The Labute approximate surface area is 176 Å². The Balaban J connectivity index is 4.79. The number of nitrogens with zero attached hydrogens (tertiary/aromatic N) is 1. The third kappa shape index (κ3) is 14.2. The molecule has 166 valence electrons. The number of unbranched alkanes of at least 4 members (excludes halogenated alkanes) is 9. The summed E-state index contributed by atoms with van der Waals surface area (Å²) in [5.74, 6) is 0.00642. The molecule has 0 atom stereocenters. The van der Waals surface area contributed by atoms with Crippen LogP contribution in [0.5, 0.6) is 0 Å². The largest absolute Gasteiger partial charge is 0.352 e. The second kappa shape index (κ2) is 18.2. The molecule has 0 spiro atoms. The second-order valence-electron chi connectivity index (χ2n) is 8.81. The van der Waals surface area contributed by atoms with Gasteiger partial charge >= 0.3 is 0 Å². The van der Waals surface area contributed by atoms with Crippen LogP contribution in [0.25, 0.3) is 0 Å². The highest BCUT2D eigenvalue weighted by molar-refractivity contribution is 5.91. The third-order valence-corrected chi connectivity index (χ3v) is 5.94. The number of rotatable bonds is 20. The van der Waals surface area contributed by atoms with Crippen LogP contribution in [-0.2, 0) is 4.79 Å². The summed E-state index contributed by atoms with van der Waals surface area (Å²) in [6.07, 6.45) is 17.2. The number of carbonyl (C=O) groups excluding carboxylic acids is 1. The van der Waals surface area contributed by atoms with Crippen molar-refractivity contribution in [2.24, 2.45) is 0 Å². The lowest BCUT2D eigenvalue weighted by Gasteiger charge is -2.39. The maximum atomic E-state index is 11.8. The van der Waals surface area contributed by atoms with Crippen molar-refractivity contribution < 1.29 is 9.28 Å². The summed E-state index contributed by atoms with van der Waals surface area (Å²) in [5.41, 5.74) is 0.611. The van der Waals surface area contributed by atoms with Crippen LogP contribution in [0.15, 0.2) is 12.2 Å². The number of quaternary nitrogens is 1. The van der Waals surface area contributed by atoms with E-state index in [0.29, 0.717) is 5.57 Å². The molecule has 0 rings (SSSR count). The molecule has 0 saturated carbocycles. The summed E-state index contributed by atoms with van der Waals surface area (Å²) in [4.78, 5) is 11.8. The SMILES string of the molecule is C=C(C)C(=O)NCCC[N+](CCCCCC)(CCCCCC)CCCCCC. The van der Waals surface area contributed by atoms with Gasteiger partial charge in [0.25, 0.3) is 0 Å². The second-order valence-corrected chi connectivity index (χ2v) is 8.81. The van der Waals surface area contributed by atoms with Crippen molar-refractivity contribution in [3.05, 3.63) is 12.2 Å². The number of carbonyl (C=O) groups is 1. The van der Waals surface area contributed by atoms with Crippen LogP contribution in [0.2, 0.25) is 0 Å². The lowest BCUT2D eigenvalue weighted by atomic mass is 10.1. The monoisotopic (exact) mass is 395 g/mol. The van der Waals surface area contributed by atoms with E-state index in [2.05, 4.69) is 32.7 Å². The molecular weight excluding hydrogens is 344 g/mol. The van der Waals surface area contributed by atoms with Crippen LogP contribution in [0, 0.1) is 0 Å². The van der Waals surface area contributed by atoms with Crippen LogP contribution in [0.3, 0.4) is 0 Å². The first-order valence-electron chi connectivity index (χ1n) is 12.3. The standard InChI is InChI=1S/C25H50N2O/c1-6-9-12-15-20-27(21-16-13-10-7-2,22-17-14-11-8-3)23-18-19-26-25(28)24(4)5/h4,6-23H2,1-3,5H3/p+1. The van der Waals surface area contributed by atoms with Gasteiger partial charge < -0.3 is 9.80 Å². The van der Waals surface area contributed by atoms with Gasteiger partial charge in [0.05, 0.1) is 26.2 Å². The van der Waals surface area contributed by atoms with Gasteiger partial charge in [0.2, 0.25) is 5.91 Å². The Hall–Kier alpha value is -0.830.